The van der Waals surface area contributed by atoms with E-state index >= 15 is 19.2 Å². The first kappa shape index (κ1) is 74.4. The summed E-state index contributed by atoms with van der Waals surface area (Å²) in [5, 5.41) is 64.6. The summed E-state index contributed by atoms with van der Waals surface area (Å²) >= 11 is 0. The van der Waals surface area contributed by atoms with Crippen molar-refractivity contribution in [2.75, 3.05) is 40.3 Å². The fraction of sp³-hybridized carbons (Fsp3) is 0.514. The minimum atomic E-state index is -1.43. The quantitative estimate of drug-likeness (QED) is 0.0744. The van der Waals surface area contributed by atoms with Crippen LogP contribution >= 0.6 is 0 Å². The Morgan fingerprint density at radius 3 is 1.26 bits per heavy atom. The van der Waals surface area contributed by atoms with E-state index in [0.29, 0.717) is 11.1 Å². The molecule has 4 bridgehead atoms. The number of ether oxygens (including phenoxy) is 2. The van der Waals surface area contributed by atoms with Crippen LogP contribution in [0.15, 0.2) is 97.3 Å². The minimum Gasteiger partial charge on any atom is -0.480 e. The minimum absolute atomic E-state index is 0.0406. The molecule has 9 rings (SSSR count). The number of hydrogen-bond donors (Lipinski definition) is 10. The van der Waals surface area contributed by atoms with E-state index in [1.54, 1.807) is 69.5 Å². The van der Waals surface area contributed by atoms with Gasteiger partial charge in [-0.1, -0.05) is 137 Å². The lowest BCUT2D eigenvalue weighted by molar-refractivity contribution is -0.147. The molecular formula is C70H92N16O14. The van der Waals surface area contributed by atoms with Crippen molar-refractivity contribution in [2.24, 2.45) is 10.8 Å². The number of carbonyl (C=O) groups excluding carboxylic acids is 8. The second kappa shape index (κ2) is 32.5. The number of hydrogen-bond acceptors (Lipinski definition) is 18. The second-order valence-corrected chi connectivity index (χ2v) is 28.0. The molecular weight excluding hydrogens is 1290 g/mol. The van der Waals surface area contributed by atoms with Crippen molar-refractivity contribution in [2.45, 2.75) is 180 Å². The van der Waals surface area contributed by atoms with Gasteiger partial charge in [0.05, 0.1) is 49.9 Å². The summed E-state index contributed by atoms with van der Waals surface area (Å²) in [7, 11) is 3.20. The first-order chi connectivity index (χ1) is 47.5. The highest BCUT2D eigenvalue weighted by Gasteiger charge is 2.50. The summed E-state index contributed by atoms with van der Waals surface area (Å²) < 4.78 is 15.1. The lowest BCUT2D eigenvalue weighted by atomic mass is 9.85. The zero-order valence-electron chi connectivity index (χ0n) is 58.0. The maximum atomic E-state index is 15.3. The van der Waals surface area contributed by atoms with Crippen LogP contribution in [-0.2, 0) is 83.5 Å². The highest BCUT2D eigenvalue weighted by molar-refractivity contribution is 5.98. The zero-order valence-corrected chi connectivity index (χ0v) is 58.0. The first-order valence-electron chi connectivity index (χ1n) is 33.7. The fourth-order valence-corrected chi connectivity index (χ4v) is 12.7. The van der Waals surface area contributed by atoms with Gasteiger partial charge in [-0.25, -0.2) is 19.0 Å². The predicted octanol–water partition coefficient (Wildman–Crippen LogP) is 1.86. The van der Waals surface area contributed by atoms with E-state index in [1.165, 1.54) is 22.2 Å². The molecule has 8 amide bonds. The highest BCUT2D eigenvalue weighted by atomic mass is 16.5. The number of carboxylic acid groups (broad SMARTS) is 2. The number of nitrogens with one attached hydrogen (secondary N) is 8. The van der Waals surface area contributed by atoms with Crippen molar-refractivity contribution in [3.63, 3.8) is 0 Å². The van der Waals surface area contributed by atoms with Gasteiger partial charge in [0.2, 0.25) is 47.3 Å². The normalized spacial score (nSPS) is 23.1. The molecule has 30 nitrogen and oxygen atoms in total. The Balaban J connectivity index is 1.07. The molecule has 0 aliphatic carbocycles. The summed E-state index contributed by atoms with van der Waals surface area (Å²) in [6.07, 6.45) is 0.0191. The van der Waals surface area contributed by atoms with Gasteiger partial charge in [0.1, 0.15) is 47.6 Å². The molecule has 2 aromatic heterocycles. The number of amides is 8. The van der Waals surface area contributed by atoms with Crippen LogP contribution in [0.25, 0.3) is 21.5 Å². The van der Waals surface area contributed by atoms with E-state index in [-0.39, 0.29) is 89.3 Å². The number of carbonyl (C=O) groups is 10. The van der Waals surface area contributed by atoms with Gasteiger partial charge in [-0.05, 0) is 97.1 Å². The third-order valence-corrected chi connectivity index (χ3v) is 18.7. The number of likely N-dealkylation sites (tertiary alicyclic amines) is 2. The van der Waals surface area contributed by atoms with Crippen LogP contribution in [0.3, 0.4) is 0 Å². The molecule has 0 unspecified atom stereocenters. The monoisotopic (exact) mass is 1380 g/mol. The lowest BCUT2D eigenvalue weighted by Gasteiger charge is -2.36. The largest absolute Gasteiger partial charge is 0.480 e. The Kier molecular flexibility index (Phi) is 24.2. The van der Waals surface area contributed by atoms with Crippen LogP contribution in [0.5, 0.6) is 0 Å². The topological polar surface area (TPSA) is 394 Å². The van der Waals surface area contributed by atoms with Crippen molar-refractivity contribution >= 4 is 80.7 Å². The number of benzene rings is 4. The van der Waals surface area contributed by atoms with Crippen LogP contribution in [-0.4, -0.2) is 210 Å². The van der Waals surface area contributed by atoms with Crippen LogP contribution < -0.4 is 42.5 Å². The third kappa shape index (κ3) is 18.2. The van der Waals surface area contributed by atoms with Crippen molar-refractivity contribution in [1.82, 2.24) is 82.3 Å². The van der Waals surface area contributed by atoms with Crippen molar-refractivity contribution in [1.29, 1.82) is 0 Å². The maximum Gasteiger partial charge on any atom is 0.328 e. The van der Waals surface area contributed by atoms with Gasteiger partial charge in [-0.15, -0.1) is 10.2 Å². The maximum absolute atomic E-state index is 15.3. The van der Waals surface area contributed by atoms with E-state index < -0.39 is 143 Å². The summed E-state index contributed by atoms with van der Waals surface area (Å²) in [4.78, 5) is 146. The summed E-state index contributed by atoms with van der Waals surface area (Å²) in [5.74, 6) is -7.83. The average Bonchev–Trinajstić information content (AvgIpc) is 1.55. The second-order valence-electron chi connectivity index (χ2n) is 28.0. The number of likely N-dealkylation sites (N-methyl/N-ethyl adjacent to an activating group) is 2. The SMILES string of the molecule is CN[C@@H](C)C(=O)N[C@H](C(=O)N1CC[C@H]2OCc3cn(nn3)[C@H](C(=O)O)CCNC(=O)[C@H](Cc3ccc4ccccc4c3)NC(=O)[C@@H]3[C@@H](CCN3C(=O)[C@@H](NC(=O)[C@H](C)NC)C(C)(C)C)OCc3cn(nn3)[C@H](C(=O)O)CCNC(=O)[C@H](Cc3ccc4ccccc4c3)NC(=O)[C@H]21)C(C)(C)C. The summed E-state index contributed by atoms with van der Waals surface area (Å²) in [6.45, 7) is 12.5. The van der Waals surface area contributed by atoms with E-state index in [4.69, 9.17) is 9.47 Å². The Labute approximate surface area is 579 Å². The molecule has 536 valence electrons. The molecule has 6 aromatic rings. The average molecular weight is 1380 g/mol. The third-order valence-electron chi connectivity index (χ3n) is 18.7. The molecule has 2 fully saturated rings. The summed E-state index contributed by atoms with van der Waals surface area (Å²) in [5.41, 5.74) is -0.252. The Morgan fingerprint density at radius 1 is 0.540 bits per heavy atom. The Bertz CT molecular complexity index is 3730. The fourth-order valence-electron chi connectivity index (χ4n) is 12.7. The Morgan fingerprint density at radius 2 is 0.910 bits per heavy atom. The van der Waals surface area contributed by atoms with Gasteiger partial charge < -0.3 is 72.0 Å². The molecule has 0 saturated carbocycles. The molecule has 100 heavy (non-hydrogen) atoms. The lowest BCUT2D eigenvalue weighted by Crippen LogP contribution is -2.62. The molecule has 2 saturated heterocycles. The van der Waals surface area contributed by atoms with Gasteiger partial charge in [0, 0.05) is 39.0 Å². The predicted molar refractivity (Wildman–Crippen MR) is 365 cm³/mol. The van der Waals surface area contributed by atoms with Gasteiger partial charge in [0.25, 0.3) is 0 Å². The standard InChI is InChI=1S/C70H92N16O14/c1-39(71-9)59(87)77-57(69(3,4)5)65(93)83-29-25-53-55(83)63(91)75-49(33-41-19-21-43-15-11-13-17-45(43)31-41)61(89)73-27-23-52(68(97)98)86-36-48(80-82-86)38-100-54-26-30-84(66(94)58(70(6,7)8)78-60(88)40(2)72-10)56(54)64(92)76-50(34-42-20-22-44-16-12-14-18-46(44)32-42)62(90)74-28-24-51(67(95)96)85-35-47(37-99-53)79-81-85/h11-22,31-32,35-36,39-40,49-58,71-72H,23-30,33-34,37-38H2,1-10H3,(H,73,89)(H,74,90)(H,75,91)(H,76,92)(H,77,87)(H,78,88)(H,95,96)(H,97,98)/t39-,40-,49-,50-,51-,52-,53+,54+,55-,56-,57+,58+/m0/s1. The van der Waals surface area contributed by atoms with E-state index in [1.807, 2.05) is 84.9 Å². The van der Waals surface area contributed by atoms with Crippen LogP contribution in [0.2, 0.25) is 0 Å². The molecule has 3 aliphatic rings. The number of aromatic nitrogens is 6. The first-order valence-corrected chi connectivity index (χ1v) is 33.7. The van der Waals surface area contributed by atoms with E-state index in [2.05, 4.69) is 63.2 Å². The smallest absolute Gasteiger partial charge is 0.328 e. The van der Waals surface area contributed by atoms with Crippen molar-refractivity contribution in [3.8, 4) is 0 Å². The Hall–Kier alpha value is -9.78. The number of nitrogens with zero attached hydrogens (tertiary/aromatic N) is 8. The van der Waals surface area contributed by atoms with E-state index in [9.17, 15) is 39.0 Å². The van der Waals surface area contributed by atoms with Gasteiger partial charge in [-0.2, -0.15) is 0 Å². The number of rotatable bonds is 14. The van der Waals surface area contributed by atoms with Gasteiger partial charge >= 0.3 is 11.9 Å². The summed E-state index contributed by atoms with van der Waals surface area (Å²) in [6, 6.07) is 14.1. The van der Waals surface area contributed by atoms with Gasteiger partial charge in [-0.3, -0.25) is 38.4 Å². The zero-order chi connectivity index (χ0) is 72.3. The number of carboxylic acids is 2. The van der Waals surface area contributed by atoms with Crippen LogP contribution in [0.1, 0.15) is 116 Å². The van der Waals surface area contributed by atoms with Crippen molar-refractivity contribution < 1.29 is 67.6 Å². The van der Waals surface area contributed by atoms with Crippen LogP contribution in [0.4, 0.5) is 0 Å². The molecule has 12 atom stereocenters. The molecule has 30 heteroatoms. The van der Waals surface area contributed by atoms with Crippen molar-refractivity contribution in [3.05, 3.63) is 120 Å². The number of fused-ring (bicyclic) bond motifs is 8. The molecule has 4 aromatic carbocycles. The molecule has 10 N–H and O–H groups in total. The molecule has 0 spiro atoms. The molecule has 5 heterocycles. The highest BCUT2D eigenvalue weighted by Crippen LogP contribution is 2.32. The van der Waals surface area contributed by atoms with Gasteiger partial charge in [0.15, 0.2) is 12.1 Å². The molecule has 3 aliphatic heterocycles. The number of aliphatic carboxylic acids is 2. The van der Waals surface area contributed by atoms with Crippen LogP contribution in [0, 0.1) is 10.8 Å². The van der Waals surface area contributed by atoms with E-state index in [0.717, 1.165) is 30.9 Å². The molecule has 0 radical (unpaired) electrons.